The van der Waals surface area contributed by atoms with Crippen LogP contribution in [0.2, 0.25) is 10.3 Å². The first-order valence-corrected chi connectivity index (χ1v) is 17.7. The van der Waals surface area contributed by atoms with Crippen molar-refractivity contribution in [2.45, 2.75) is 66.5 Å². The Morgan fingerprint density at radius 3 is 2.23 bits per heavy atom. The molecule has 0 saturated heterocycles. The first-order valence-electron chi connectivity index (χ1n) is 16.4. The summed E-state index contributed by atoms with van der Waals surface area (Å²) in [4.78, 5) is 36.2. The SMILES string of the molecule is CCNc1nc(Cl)nc(NC(C)(C)C)n1.CCc1cccc(C)c1N(C(=O)CCl)C(C)COC.Nc1c([N+](=O)[O-])ccc(Oc2ccccc2)c1Cl. The largest absolute Gasteiger partial charge is 0.456 e. The molecule has 0 aliphatic rings. The molecule has 0 radical (unpaired) electrons. The molecule has 52 heavy (non-hydrogen) atoms. The van der Waals surface area contributed by atoms with E-state index in [1.165, 1.54) is 12.1 Å². The predicted octanol–water partition coefficient (Wildman–Crippen LogP) is 8.95. The molecule has 0 fully saturated rings. The molecule has 1 heterocycles. The number of nitrogens with one attached hydrogen (secondary N) is 2. The summed E-state index contributed by atoms with van der Waals surface area (Å²) in [6, 6.07) is 17.7. The van der Waals surface area contributed by atoms with Crippen LogP contribution in [0.4, 0.5) is 29.0 Å². The highest BCUT2D eigenvalue weighted by molar-refractivity contribution is 6.35. The number of hydrogen-bond acceptors (Lipinski definition) is 11. The van der Waals surface area contributed by atoms with Crippen LogP contribution in [0.15, 0.2) is 60.7 Å². The van der Waals surface area contributed by atoms with Crippen molar-refractivity contribution in [2.24, 2.45) is 0 Å². The number of carbonyl (C=O) groups is 1. The van der Waals surface area contributed by atoms with Crippen molar-refractivity contribution in [3.05, 3.63) is 92.2 Å². The van der Waals surface area contributed by atoms with Crippen molar-refractivity contribution < 1.29 is 19.2 Å². The van der Waals surface area contributed by atoms with E-state index in [0.29, 0.717) is 24.3 Å². The molecule has 3 aromatic carbocycles. The van der Waals surface area contributed by atoms with Crippen LogP contribution in [-0.4, -0.2) is 63.5 Å². The smallest absolute Gasteiger partial charge is 0.293 e. The monoisotopic (exact) mass is 776 g/mol. The van der Waals surface area contributed by atoms with Gasteiger partial charge in [-0.25, -0.2) is 0 Å². The minimum absolute atomic E-state index is 0.0223. The van der Waals surface area contributed by atoms with Gasteiger partial charge in [-0.05, 0) is 88.9 Å². The van der Waals surface area contributed by atoms with Crippen molar-refractivity contribution in [1.29, 1.82) is 0 Å². The zero-order valence-corrected chi connectivity index (χ0v) is 32.9. The molecule has 1 aromatic heterocycles. The number of alkyl halides is 1. The first kappa shape index (κ1) is 43.7. The van der Waals surface area contributed by atoms with Gasteiger partial charge in [0.1, 0.15) is 28.1 Å². The number of nitrogens with two attached hydrogens (primary N) is 1. The Bertz CT molecular complexity index is 1760. The summed E-state index contributed by atoms with van der Waals surface area (Å²) in [5.74, 6) is 1.72. The number of aryl methyl sites for hydroxylation is 2. The van der Waals surface area contributed by atoms with E-state index in [-0.39, 0.29) is 50.8 Å². The third kappa shape index (κ3) is 13.6. The van der Waals surface area contributed by atoms with E-state index in [1.807, 2.05) is 59.7 Å². The number of para-hydroxylation sites is 2. The minimum Gasteiger partial charge on any atom is -0.456 e. The predicted molar refractivity (Wildman–Crippen MR) is 212 cm³/mol. The Morgan fingerprint density at radius 2 is 1.67 bits per heavy atom. The summed E-state index contributed by atoms with van der Waals surface area (Å²) in [5.41, 5.74) is 8.35. The number of nitrogens with zero attached hydrogens (tertiary/aromatic N) is 5. The molecule has 0 spiro atoms. The van der Waals surface area contributed by atoms with E-state index in [4.69, 9.17) is 50.0 Å². The van der Waals surface area contributed by atoms with E-state index in [1.54, 1.807) is 36.3 Å². The molecular formula is C36H47Cl3N8O5. The number of rotatable bonds is 12. The van der Waals surface area contributed by atoms with Crippen molar-refractivity contribution >= 4 is 69.7 Å². The molecule has 13 nitrogen and oxygen atoms in total. The average Bonchev–Trinajstić information content (AvgIpc) is 3.07. The van der Waals surface area contributed by atoms with Gasteiger partial charge >= 0.3 is 0 Å². The van der Waals surface area contributed by atoms with Gasteiger partial charge in [-0.3, -0.25) is 14.9 Å². The van der Waals surface area contributed by atoms with Crippen molar-refractivity contribution in [2.75, 3.05) is 47.4 Å². The number of methoxy groups -OCH3 is 1. The molecule has 4 rings (SSSR count). The van der Waals surface area contributed by atoms with Gasteiger partial charge in [0.25, 0.3) is 5.69 Å². The van der Waals surface area contributed by atoms with Crippen LogP contribution in [0, 0.1) is 17.0 Å². The van der Waals surface area contributed by atoms with Gasteiger partial charge in [0.2, 0.25) is 23.1 Å². The normalized spacial score (nSPS) is 11.2. The summed E-state index contributed by atoms with van der Waals surface area (Å²) >= 11 is 17.5. The molecule has 0 saturated carbocycles. The lowest BCUT2D eigenvalue weighted by Crippen LogP contribution is -2.43. The summed E-state index contributed by atoms with van der Waals surface area (Å²) in [6.07, 6.45) is 0.878. The molecule has 16 heteroatoms. The molecular weight excluding hydrogens is 731 g/mol. The molecule has 0 aliphatic heterocycles. The van der Waals surface area contributed by atoms with E-state index in [0.717, 1.165) is 29.8 Å². The number of nitro benzene ring substituents is 1. The third-order valence-electron chi connectivity index (χ3n) is 6.89. The van der Waals surface area contributed by atoms with E-state index >= 15 is 0 Å². The number of nitrogen functional groups attached to an aromatic ring is 1. The number of halogens is 3. The average molecular weight is 778 g/mol. The Labute approximate surface area is 320 Å². The van der Waals surface area contributed by atoms with Crippen molar-refractivity contribution in [3.8, 4) is 11.5 Å². The van der Waals surface area contributed by atoms with Crippen LogP contribution in [-0.2, 0) is 16.0 Å². The number of amides is 1. The van der Waals surface area contributed by atoms with Gasteiger partial charge in [0.05, 0.1) is 23.3 Å². The molecule has 4 N–H and O–H groups in total. The fourth-order valence-corrected chi connectivity index (χ4v) is 5.20. The fourth-order valence-electron chi connectivity index (χ4n) is 4.72. The Hall–Kier alpha value is -4.43. The summed E-state index contributed by atoms with van der Waals surface area (Å²) < 4.78 is 10.7. The van der Waals surface area contributed by atoms with Gasteiger partial charge in [-0.2, -0.15) is 15.0 Å². The summed E-state index contributed by atoms with van der Waals surface area (Å²) in [6.45, 7) is 15.3. The highest BCUT2D eigenvalue weighted by atomic mass is 35.5. The topological polar surface area (TPSA) is 171 Å². The second kappa shape index (κ2) is 21.2. The zero-order chi connectivity index (χ0) is 39.0. The Balaban J connectivity index is 0.000000272. The highest BCUT2D eigenvalue weighted by Crippen LogP contribution is 2.38. The van der Waals surface area contributed by atoms with E-state index in [2.05, 4.69) is 38.6 Å². The number of benzene rings is 3. The van der Waals surface area contributed by atoms with Crippen LogP contribution in [0.3, 0.4) is 0 Å². The van der Waals surface area contributed by atoms with Gasteiger partial charge in [0.15, 0.2) is 0 Å². The van der Waals surface area contributed by atoms with Gasteiger partial charge in [-0.1, -0.05) is 54.9 Å². The molecule has 1 amide bonds. The van der Waals surface area contributed by atoms with Gasteiger partial charge in [0, 0.05) is 25.3 Å². The van der Waals surface area contributed by atoms with Gasteiger partial charge in [-0.15, -0.1) is 11.6 Å². The molecule has 0 bridgehead atoms. The highest BCUT2D eigenvalue weighted by Gasteiger charge is 2.24. The molecule has 4 aromatic rings. The van der Waals surface area contributed by atoms with Crippen LogP contribution in [0.25, 0.3) is 0 Å². The quantitative estimate of drug-likeness (QED) is 0.0543. The number of anilines is 4. The lowest BCUT2D eigenvalue weighted by atomic mass is 10.0. The number of nitro groups is 1. The van der Waals surface area contributed by atoms with Crippen LogP contribution in [0.1, 0.15) is 52.7 Å². The van der Waals surface area contributed by atoms with Crippen molar-refractivity contribution in [1.82, 2.24) is 15.0 Å². The molecule has 0 aliphatic carbocycles. The second-order valence-corrected chi connectivity index (χ2v) is 13.3. The lowest BCUT2D eigenvalue weighted by molar-refractivity contribution is -0.383. The van der Waals surface area contributed by atoms with Gasteiger partial charge < -0.3 is 30.7 Å². The maximum Gasteiger partial charge on any atom is 0.293 e. The standard InChI is InChI=1S/C15H22ClNO2.C12H9ClN2O3.C9H16ClN5/c1-5-13-8-6-7-11(2)15(13)17(14(18)9-16)12(3)10-19-4;13-11-10(18-8-4-2-1-3-5-8)7-6-9(12(11)14)15(16)17;1-5-11-7-12-6(10)13-8(14-7)15-9(2,3)4/h6-8,12H,5,9-10H2,1-4H3;1-7H,14H2;5H2,1-4H3,(H2,11,12,13,14,15). The Kier molecular flexibility index (Phi) is 17.8. The van der Waals surface area contributed by atoms with Crippen LogP contribution < -0.4 is 26.0 Å². The minimum atomic E-state index is -0.590. The van der Waals surface area contributed by atoms with Crippen LogP contribution in [0.5, 0.6) is 11.5 Å². The maximum atomic E-state index is 12.2. The molecule has 282 valence electrons. The van der Waals surface area contributed by atoms with Crippen molar-refractivity contribution in [3.63, 3.8) is 0 Å². The number of ether oxygens (including phenoxy) is 2. The second-order valence-electron chi connectivity index (χ2n) is 12.3. The number of hydrogen-bond donors (Lipinski definition) is 3. The van der Waals surface area contributed by atoms with Crippen LogP contribution >= 0.6 is 34.8 Å². The summed E-state index contributed by atoms with van der Waals surface area (Å²) in [5, 5.41) is 17.0. The molecule has 1 atom stereocenters. The first-order chi connectivity index (χ1) is 24.6. The maximum absolute atomic E-state index is 12.2. The molecule has 1 unspecified atom stereocenters. The lowest BCUT2D eigenvalue weighted by Gasteiger charge is -2.31. The number of carbonyl (C=O) groups excluding carboxylic acids is 1. The van der Waals surface area contributed by atoms with E-state index in [9.17, 15) is 14.9 Å². The van der Waals surface area contributed by atoms with E-state index < -0.39 is 4.92 Å². The Morgan fingerprint density at radius 1 is 1.02 bits per heavy atom. The fraction of sp³-hybridized carbons (Fsp3) is 0.389. The summed E-state index contributed by atoms with van der Waals surface area (Å²) in [7, 11) is 1.64. The number of aromatic nitrogens is 3. The zero-order valence-electron chi connectivity index (χ0n) is 30.7. The third-order valence-corrected chi connectivity index (χ3v) is 7.68.